The Kier molecular flexibility index (Phi) is 5.76. The first kappa shape index (κ1) is 15.9. The summed E-state index contributed by atoms with van der Waals surface area (Å²) in [5.74, 6) is -0.229. The van der Waals surface area contributed by atoms with E-state index < -0.39 is 0 Å². The van der Waals surface area contributed by atoms with Crippen LogP contribution in [-0.4, -0.2) is 22.9 Å². The molecule has 1 aliphatic carbocycles. The lowest BCUT2D eigenvalue weighted by atomic mass is 10.1. The van der Waals surface area contributed by atoms with Crippen LogP contribution in [0.5, 0.6) is 0 Å². The topological polar surface area (TPSA) is 46.3 Å². The maximum atomic E-state index is 13.6. The van der Waals surface area contributed by atoms with Crippen LogP contribution in [0.3, 0.4) is 0 Å². The quantitative estimate of drug-likeness (QED) is 0.904. The first-order valence-electron chi connectivity index (χ1n) is 6.36. The van der Waals surface area contributed by atoms with Gasteiger partial charge in [-0.2, -0.15) is 0 Å². The van der Waals surface area contributed by atoms with Crippen molar-refractivity contribution in [2.24, 2.45) is 5.73 Å². The molecule has 1 aromatic carbocycles. The summed E-state index contributed by atoms with van der Waals surface area (Å²) in [6.07, 6.45) is 2.35. The van der Waals surface area contributed by atoms with E-state index >= 15 is 0 Å². The van der Waals surface area contributed by atoms with Gasteiger partial charge in [0.2, 0.25) is 5.91 Å². The summed E-state index contributed by atoms with van der Waals surface area (Å²) in [4.78, 5) is 13.8. The van der Waals surface area contributed by atoms with Crippen molar-refractivity contribution in [3.63, 3.8) is 0 Å². The largest absolute Gasteiger partial charge is 0.335 e. The van der Waals surface area contributed by atoms with Crippen LogP contribution >= 0.6 is 12.4 Å². The van der Waals surface area contributed by atoms with Gasteiger partial charge in [0.25, 0.3) is 0 Å². The predicted octanol–water partition coefficient (Wildman–Crippen LogP) is 2.48. The van der Waals surface area contributed by atoms with Crippen LogP contribution in [0.4, 0.5) is 4.39 Å². The summed E-state index contributed by atoms with van der Waals surface area (Å²) in [5.41, 5.74) is 6.23. The molecule has 0 radical (unpaired) electrons. The Morgan fingerprint density at radius 2 is 2.11 bits per heavy atom. The van der Waals surface area contributed by atoms with Crippen LogP contribution in [0.25, 0.3) is 0 Å². The lowest BCUT2D eigenvalue weighted by Crippen LogP contribution is -2.36. The van der Waals surface area contributed by atoms with E-state index in [0.29, 0.717) is 18.5 Å². The van der Waals surface area contributed by atoms with E-state index in [0.717, 1.165) is 12.8 Å². The average Bonchev–Trinajstić information content (AvgIpc) is 3.11. The molecule has 5 heteroatoms. The summed E-state index contributed by atoms with van der Waals surface area (Å²) in [5, 5.41) is 0. The molecule has 1 aromatic rings. The SMILES string of the molecule is CC(N)CC(=O)N(Cc1ccccc1F)C1CC1.Cl. The number of nitrogens with zero attached hydrogens (tertiary/aromatic N) is 1. The van der Waals surface area contributed by atoms with Crippen molar-refractivity contribution in [2.45, 2.75) is 44.8 Å². The normalized spacial score (nSPS) is 15.5. The minimum absolute atomic E-state index is 0. The van der Waals surface area contributed by atoms with Gasteiger partial charge >= 0.3 is 0 Å². The number of nitrogens with two attached hydrogens (primary N) is 1. The monoisotopic (exact) mass is 286 g/mol. The number of benzene rings is 1. The first-order valence-corrected chi connectivity index (χ1v) is 6.36. The van der Waals surface area contributed by atoms with Crippen LogP contribution in [0.1, 0.15) is 31.7 Å². The van der Waals surface area contributed by atoms with Crippen molar-refractivity contribution in [1.29, 1.82) is 0 Å². The Morgan fingerprint density at radius 3 is 2.63 bits per heavy atom. The number of carbonyl (C=O) groups excluding carboxylic acids is 1. The van der Waals surface area contributed by atoms with Gasteiger partial charge in [0.15, 0.2) is 0 Å². The highest BCUT2D eigenvalue weighted by Gasteiger charge is 2.32. The van der Waals surface area contributed by atoms with E-state index in [9.17, 15) is 9.18 Å². The van der Waals surface area contributed by atoms with Gasteiger partial charge in [-0.1, -0.05) is 18.2 Å². The number of amides is 1. The van der Waals surface area contributed by atoms with Gasteiger partial charge in [-0.05, 0) is 25.8 Å². The third kappa shape index (κ3) is 4.48. The summed E-state index contributed by atoms with van der Waals surface area (Å²) < 4.78 is 13.6. The minimum atomic E-state index is -0.253. The number of rotatable bonds is 5. The van der Waals surface area contributed by atoms with Gasteiger partial charge in [-0.25, -0.2) is 4.39 Å². The predicted molar refractivity (Wildman–Crippen MR) is 75.5 cm³/mol. The van der Waals surface area contributed by atoms with E-state index in [4.69, 9.17) is 5.73 Å². The molecule has 1 unspecified atom stereocenters. The third-order valence-electron chi connectivity index (χ3n) is 3.10. The van der Waals surface area contributed by atoms with E-state index in [-0.39, 0.29) is 36.2 Å². The smallest absolute Gasteiger partial charge is 0.224 e. The Hall–Kier alpha value is -1.13. The Morgan fingerprint density at radius 1 is 1.47 bits per heavy atom. The Labute approximate surface area is 119 Å². The van der Waals surface area contributed by atoms with Crippen molar-refractivity contribution in [3.8, 4) is 0 Å². The molecule has 0 bridgehead atoms. The first-order chi connectivity index (χ1) is 8.58. The molecule has 1 fully saturated rings. The molecular formula is C14H20ClFN2O. The fourth-order valence-corrected chi connectivity index (χ4v) is 2.01. The van der Waals surface area contributed by atoms with Gasteiger partial charge in [0.1, 0.15) is 5.82 Å². The van der Waals surface area contributed by atoms with Crippen molar-refractivity contribution in [3.05, 3.63) is 35.6 Å². The lowest BCUT2D eigenvalue weighted by Gasteiger charge is -2.23. The van der Waals surface area contributed by atoms with Crippen molar-refractivity contribution in [1.82, 2.24) is 4.90 Å². The van der Waals surface area contributed by atoms with Crippen molar-refractivity contribution < 1.29 is 9.18 Å². The molecular weight excluding hydrogens is 267 g/mol. The third-order valence-corrected chi connectivity index (χ3v) is 3.10. The van der Waals surface area contributed by atoms with Crippen LogP contribution in [0.15, 0.2) is 24.3 Å². The maximum Gasteiger partial charge on any atom is 0.224 e. The van der Waals surface area contributed by atoms with Gasteiger partial charge in [0, 0.05) is 30.6 Å². The molecule has 0 aliphatic heterocycles. The second kappa shape index (κ2) is 6.87. The number of halogens is 2. The van der Waals surface area contributed by atoms with Gasteiger partial charge in [-0.3, -0.25) is 4.79 Å². The molecule has 1 saturated carbocycles. The molecule has 0 spiro atoms. The molecule has 0 heterocycles. The standard InChI is InChI=1S/C14H19FN2O.ClH/c1-10(16)8-14(18)17(12-6-7-12)9-11-4-2-3-5-13(11)15;/h2-5,10,12H,6-9,16H2,1H3;1H. The van der Waals surface area contributed by atoms with Crippen LogP contribution in [0.2, 0.25) is 0 Å². The molecule has 19 heavy (non-hydrogen) atoms. The molecule has 0 saturated heterocycles. The highest BCUT2D eigenvalue weighted by atomic mass is 35.5. The summed E-state index contributed by atoms with van der Waals surface area (Å²) in [7, 11) is 0. The van der Waals surface area contributed by atoms with E-state index in [1.165, 1.54) is 6.07 Å². The molecule has 1 atom stereocenters. The average molecular weight is 287 g/mol. The minimum Gasteiger partial charge on any atom is -0.335 e. The number of hydrogen-bond donors (Lipinski definition) is 1. The zero-order valence-corrected chi connectivity index (χ0v) is 11.8. The van der Waals surface area contributed by atoms with E-state index in [1.807, 2.05) is 6.92 Å². The zero-order valence-electron chi connectivity index (χ0n) is 11.0. The Bertz CT molecular complexity index is 435. The number of carbonyl (C=O) groups is 1. The van der Waals surface area contributed by atoms with Crippen LogP contribution in [-0.2, 0) is 11.3 Å². The fraction of sp³-hybridized carbons (Fsp3) is 0.500. The maximum absolute atomic E-state index is 13.6. The molecule has 1 amide bonds. The van der Waals surface area contributed by atoms with Gasteiger partial charge in [-0.15, -0.1) is 12.4 Å². The van der Waals surface area contributed by atoms with Gasteiger partial charge < -0.3 is 10.6 Å². The lowest BCUT2D eigenvalue weighted by molar-refractivity contribution is -0.132. The second-order valence-electron chi connectivity index (χ2n) is 5.03. The summed E-state index contributed by atoms with van der Waals surface area (Å²) >= 11 is 0. The highest BCUT2D eigenvalue weighted by molar-refractivity contribution is 5.85. The van der Waals surface area contributed by atoms with Crippen LogP contribution in [0, 0.1) is 5.82 Å². The van der Waals surface area contributed by atoms with E-state index in [2.05, 4.69) is 0 Å². The van der Waals surface area contributed by atoms with Crippen molar-refractivity contribution in [2.75, 3.05) is 0 Å². The van der Waals surface area contributed by atoms with Crippen molar-refractivity contribution >= 4 is 18.3 Å². The second-order valence-corrected chi connectivity index (χ2v) is 5.03. The molecule has 3 nitrogen and oxygen atoms in total. The molecule has 106 valence electrons. The molecule has 2 N–H and O–H groups in total. The van der Waals surface area contributed by atoms with Crippen LogP contribution < -0.4 is 5.73 Å². The molecule has 0 aromatic heterocycles. The van der Waals surface area contributed by atoms with Gasteiger partial charge in [0.05, 0.1) is 0 Å². The molecule has 1 aliphatic rings. The van der Waals surface area contributed by atoms with E-state index in [1.54, 1.807) is 23.1 Å². The Balaban J connectivity index is 0.00000180. The summed E-state index contributed by atoms with van der Waals surface area (Å²) in [6, 6.07) is 6.72. The highest BCUT2D eigenvalue weighted by Crippen LogP contribution is 2.29. The fourth-order valence-electron chi connectivity index (χ4n) is 2.01. The zero-order chi connectivity index (χ0) is 13.1. The number of hydrogen-bond acceptors (Lipinski definition) is 2. The molecule has 2 rings (SSSR count). The summed E-state index contributed by atoms with van der Waals surface area (Å²) in [6.45, 7) is 2.16.